The van der Waals surface area contributed by atoms with Gasteiger partial charge in [-0.05, 0) is 36.6 Å². The van der Waals surface area contributed by atoms with E-state index in [1.165, 1.54) is 16.7 Å². The van der Waals surface area contributed by atoms with Crippen molar-refractivity contribution in [2.24, 2.45) is 0 Å². The molecular weight excluding hydrogens is 216 g/mol. The maximum atomic E-state index is 5.07. The van der Waals surface area contributed by atoms with E-state index in [1.54, 1.807) is 7.11 Å². The van der Waals surface area contributed by atoms with Gasteiger partial charge in [-0.1, -0.05) is 22.0 Å². The third-order valence-corrected chi connectivity index (χ3v) is 2.70. The number of rotatable bonds is 2. The van der Waals surface area contributed by atoms with Crippen LogP contribution < -0.4 is 0 Å². The smallest absolute Gasteiger partial charge is 0.0724 e. The molecule has 0 atom stereocenters. The Labute approximate surface area is 81.9 Å². The van der Waals surface area contributed by atoms with Gasteiger partial charge in [0.15, 0.2) is 0 Å². The molecule has 0 aromatic heterocycles. The van der Waals surface area contributed by atoms with E-state index >= 15 is 0 Å². The predicted octanol–water partition coefficient (Wildman–Crippen LogP) is 3.21. The second-order valence-electron chi connectivity index (χ2n) is 2.96. The van der Waals surface area contributed by atoms with Crippen molar-refractivity contribution in [1.29, 1.82) is 0 Å². The molecule has 0 aliphatic heterocycles. The molecule has 0 amide bonds. The maximum absolute atomic E-state index is 5.07. The van der Waals surface area contributed by atoms with Crippen LogP contribution in [-0.2, 0) is 11.3 Å². The van der Waals surface area contributed by atoms with Gasteiger partial charge < -0.3 is 4.74 Å². The maximum Gasteiger partial charge on any atom is 0.0724 e. The summed E-state index contributed by atoms with van der Waals surface area (Å²) in [6.45, 7) is 4.89. The van der Waals surface area contributed by atoms with Crippen LogP contribution in [0.25, 0.3) is 0 Å². The minimum absolute atomic E-state index is 0.668. The zero-order valence-electron chi connectivity index (χ0n) is 7.65. The molecule has 0 saturated carbocycles. The number of benzene rings is 1. The van der Waals surface area contributed by atoms with Gasteiger partial charge in [-0.3, -0.25) is 0 Å². The van der Waals surface area contributed by atoms with Gasteiger partial charge in [0.05, 0.1) is 6.61 Å². The number of aryl methyl sites for hydroxylation is 2. The highest BCUT2D eigenvalue weighted by Gasteiger charge is 2.01. The van der Waals surface area contributed by atoms with Gasteiger partial charge in [-0.25, -0.2) is 0 Å². The van der Waals surface area contributed by atoms with Gasteiger partial charge in [0.2, 0.25) is 0 Å². The molecule has 66 valence electrons. The summed E-state index contributed by atoms with van der Waals surface area (Å²) in [7, 11) is 1.71. The van der Waals surface area contributed by atoms with Crippen LogP contribution in [-0.4, -0.2) is 7.11 Å². The largest absolute Gasteiger partial charge is 0.380 e. The molecule has 1 nitrogen and oxygen atoms in total. The molecule has 0 aliphatic rings. The number of ether oxygens (including phenoxy) is 1. The van der Waals surface area contributed by atoms with Gasteiger partial charge in [0.1, 0.15) is 0 Å². The molecular formula is C10H13BrO. The lowest BCUT2D eigenvalue weighted by molar-refractivity contribution is 0.184. The molecule has 0 spiro atoms. The summed E-state index contributed by atoms with van der Waals surface area (Å²) in [6.07, 6.45) is 0. The molecule has 0 fully saturated rings. The SMILES string of the molecule is COCc1cc(C)c(C)cc1Br. The first kappa shape index (κ1) is 9.75. The van der Waals surface area contributed by atoms with Gasteiger partial charge in [0.25, 0.3) is 0 Å². The third kappa shape index (κ3) is 2.08. The molecule has 0 heterocycles. The standard InChI is InChI=1S/C10H13BrO/c1-7-4-9(6-12-3)10(11)5-8(7)2/h4-5H,6H2,1-3H3. The first-order valence-electron chi connectivity index (χ1n) is 3.89. The fourth-order valence-corrected chi connectivity index (χ4v) is 1.68. The highest BCUT2D eigenvalue weighted by atomic mass is 79.9. The van der Waals surface area contributed by atoms with E-state index in [9.17, 15) is 0 Å². The Hall–Kier alpha value is -0.340. The number of halogens is 1. The number of hydrogen-bond acceptors (Lipinski definition) is 1. The van der Waals surface area contributed by atoms with Crippen molar-refractivity contribution in [3.8, 4) is 0 Å². The van der Waals surface area contributed by atoms with Gasteiger partial charge in [0, 0.05) is 11.6 Å². The van der Waals surface area contributed by atoms with Crippen LogP contribution in [0.5, 0.6) is 0 Å². The number of hydrogen-bond donors (Lipinski definition) is 0. The van der Waals surface area contributed by atoms with Crippen LogP contribution in [0.1, 0.15) is 16.7 Å². The van der Waals surface area contributed by atoms with Crippen molar-refractivity contribution in [1.82, 2.24) is 0 Å². The van der Waals surface area contributed by atoms with E-state index in [4.69, 9.17) is 4.74 Å². The van der Waals surface area contributed by atoms with Gasteiger partial charge in [-0.2, -0.15) is 0 Å². The fourth-order valence-electron chi connectivity index (χ4n) is 1.11. The molecule has 0 saturated heterocycles. The predicted molar refractivity (Wildman–Crippen MR) is 54.3 cm³/mol. The van der Waals surface area contributed by atoms with Crippen molar-refractivity contribution >= 4 is 15.9 Å². The van der Waals surface area contributed by atoms with E-state index in [0.717, 1.165) is 4.47 Å². The van der Waals surface area contributed by atoms with Crippen molar-refractivity contribution in [2.75, 3.05) is 7.11 Å². The molecule has 0 radical (unpaired) electrons. The second kappa shape index (κ2) is 4.06. The zero-order valence-corrected chi connectivity index (χ0v) is 9.23. The monoisotopic (exact) mass is 228 g/mol. The Kier molecular flexibility index (Phi) is 3.29. The molecule has 2 heteroatoms. The lowest BCUT2D eigenvalue weighted by Gasteiger charge is -2.07. The third-order valence-electron chi connectivity index (χ3n) is 1.96. The first-order valence-corrected chi connectivity index (χ1v) is 4.69. The average molecular weight is 229 g/mol. The van der Waals surface area contributed by atoms with E-state index < -0.39 is 0 Å². The first-order chi connectivity index (χ1) is 5.65. The molecule has 12 heavy (non-hydrogen) atoms. The van der Waals surface area contributed by atoms with E-state index in [0.29, 0.717) is 6.61 Å². The minimum atomic E-state index is 0.668. The Morgan fingerprint density at radius 2 is 1.83 bits per heavy atom. The molecule has 1 aromatic carbocycles. The lowest BCUT2D eigenvalue weighted by Crippen LogP contribution is -1.92. The van der Waals surface area contributed by atoms with Crippen LogP contribution >= 0.6 is 15.9 Å². The summed E-state index contributed by atoms with van der Waals surface area (Å²) in [4.78, 5) is 0. The summed E-state index contributed by atoms with van der Waals surface area (Å²) in [5, 5.41) is 0. The van der Waals surface area contributed by atoms with Crippen molar-refractivity contribution in [3.63, 3.8) is 0 Å². The average Bonchev–Trinajstić information content (AvgIpc) is 2.01. The van der Waals surface area contributed by atoms with Crippen LogP contribution in [0.15, 0.2) is 16.6 Å². The van der Waals surface area contributed by atoms with Crippen LogP contribution in [0, 0.1) is 13.8 Å². The Bertz CT molecular complexity index is 281. The van der Waals surface area contributed by atoms with E-state index in [-0.39, 0.29) is 0 Å². The summed E-state index contributed by atoms with van der Waals surface area (Å²) in [5.74, 6) is 0. The van der Waals surface area contributed by atoms with Crippen LogP contribution in [0.2, 0.25) is 0 Å². The molecule has 0 bridgehead atoms. The Morgan fingerprint density at radius 3 is 2.42 bits per heavy atom. The number of methoxy groups -OCH3 is 1. The quantitative estimate of drug-likeness (QED) is 0.756. The minimum Gasteiger partial charge on any atom is -0.380 e. The van der Waals surface area contributed by atoms with Crippen molar-refractivity contribution < 1.29 is 4.74 Å². The summed E-state index contributed by atoms with van der Waals surface area (Å²) in [6, 6.07) is 4.28. The van der Waals surface area contributed by atoms with Gasteiger partial charge >= 0.3 is 0 Å². The van der Waals surface area contributed by atoms with Crippen LogP contribution in [0.4, 0.5) is 0 Å². The molecule has 0 N–H and O–H groups in total. The fraction of sp³-hybridized carbons (Fsp3) is 0.400. The molecule has 1 aromatic rings. The van der Waals surface area contributed by atoms with E-state index in [2.05, 4.69) is 41.9 Å². The summed E-state index contributed by atoms with van der Waals surface area (Å²) >= 11 is 3.50. The summed E-state index contributed by atoms with van der Waals surface area (Å²) in [5.41, 5.74) is 3.83. The topological polar surface area (TPSA) is 9.23 Å². The highest BCUT2D eigenvalue weighted by Crippen LogP contribution is 2.21. The second-order valence-corrected chi connectivity index (χ2v) is 3.82. The lowest BCUT2D eigenvalue weighted by atomic mass is 10.1. The van der Waals surface area contributed by atoms with E-state index in [1.807, 2.05) is 0 Å². The van der Waals surface area contributed by atoms with Crippen molar-refractivity contribution in [2.45, 2.75) is 20.5 Å². The molecule has 0 aliphatic carbocycles. The Balaban J connectivity index is 3.05. The normalized spacial score (nSPS) is 10.3. The van der Waals surface area contributed by atoms with Crippen LogP contribution in [0.3, 0.4) is 0 Å². The molecule has 0 unspecified atom stereocenters. The Morgan fingerprint density at radius 1 is 1.25 bits per heavy atom. The van der Waals surface area contributed by atoms with Gasteiger partial charge in [-0.15, -0.1) is 0 Å². The zero-order chi connectivity index (χ0) is 9.14. The highest BCUT2D eigenvalue weighted by molar-refractivity contribution is 9.10. The summed E-state index contributed by atoms with van der Waals surface area (Å²) < 4.78 is 6.21. The van der Waals surface area contributed by atoms with Crippen molar-refractivity contribution in [3.05, 3.63) is 33.3 Å². The molecule has 1 rings (SSSR count).